The topological polar surface area (TPSA) is 64.1 Å². The molecule has 2 aliphatic carbocycles. The van der Waals surface area contributed by atoms with E-state index in [0.29, 0.717) is 11.9 Å². The highest BCUT2D eigenvalue weighted by Gasteiger charge is 2.24. The SMILES string of the molecule is O=C(COc1ncnc2sc3c(c12)CCCCC3)NC1CC1. The summed E-state index contributed by atoms with van der Waals surface area (Å²) >= 11 is 1.75. The van der Waals surface area contributed by atoms with E-state index in [0.717, 1.165) is 35.9 Å². The Hall–Kier alpha value is -1.69. The van der Waals surface area contributed by atoms with Crippen LogP contribution in [-0.4, -0.2) is 28.5 Å². The minimum absolute atomic E-state index is 0.0350. The smallest absolute Gasteiger partial charge is 0.258 e. The predicted octanol–water partition coefficient (Wildman–Crippen LogP) is 2.62. The highest BCUT2D eigenvalue weighted by atomic mass is 32.1. The van der Waals surface area contributed by atoms with Crippen LogP contribution in [0, 0.1) is 0 Å². The second-order valence-corrected chi connectivity index (χ2v) is 7.14. The van der Waals surface area contributed by atoms with Crippen LogP contribution in [0.3, 0.4) is 0 Å². The number of fused-ring (bicyclic) bond motifs is 3. The molecule has 1 fully saturated rings. The normalized spacial score (nSPS) is 17.8. The molecule has 0 aromatic carbocycles. The number of ether oxygens (including phenoxy) is 1. The van der Waals surface area contributed by atoms with Crippen molar-refractivity contribution in [2.24, 2.45) is 0 Å². The first-order chi connectivity index (χ1) is 10.8. The summed E-state index contributed by atoms with van der Waals surface area (Å²) in [4.78, 5) is 22.9. The number of aryl methyl sites for hydroxylation is 2. The van der Waals surface area contributed by atoms with Crippen LogP contribution >= 0.6 is 11.3 Å². The summed E-state index contributed by atoms with van der Waals surface area (Å²) in [6, 6.07) is 0.360. The van der Waals surface area contributed by atoms with Gasteiger partial charge >= 0.3 is 0 Å². The molecular formula is C16H19N3O2S. The monoisotopic (exact) mass is 317 g/mol. The number of hydrogen-bond acceptors (Lipinski definition) is 5. The molecule has 0 spiro atoms. The van der Waals surface area contributed by atoms with Gasteiger partial charge in [-0.2, -0.15) is 0 Å². The maximum Gasteiger partial charge on any atom is 0.258 e. The molecule has 5 nitrogen and oxygen atoms in total. The molecule has 0 aliphatic heterocycles. The zero-order valence-electron chi connectivity index (χ0n) is 12.4. The van der Waals surface area contributed by atoms with E-state index >= 15 is 0 Å². The van der Waals surface area contributed by atoms with Gasteiger partial charge < -0.3 is 10.1 Å². The number of amides is 1. The van der Waals surface area contributed by atoms with Gasteiger partial charge in [-0.3, -0.25) is 4.79 Å². The Kier molecular flexibility index (Phi) is 3.70. The summed E-state index contributed by atoms with van der Waals surface area (Å²) in [5.41, 5.74) is 1.34. The van der Waals surface area contributed by atoms with Crippen LogP contribution in [0.2, 0.25) is 0 Å². The van der Waals surface area contributed by atoms with E-state index in [2.05, 4.69) is 15.3 Å². The Morgan fingerprint density at radius 2 is 2.14 bits per heavy atom. The van der Waals surface area contributed by atoms with E-state index in [1.807, 2.05) is 0 Å². The molecule has 116 valence electrons. The molecule has 1 N–H and O–H groups in total. The predicted molar refractivity (Wildman–Crippen MR) is 85.3 cm³/mol. The van der Waals surface area contributed by atoms with Gasteiger partial charge in [-0.1, -0.05) is 6.42 Å². The first-order valence-electron chi connectivity index (χ1n) is 7.98. The lowest BCUT2D eigenvalue weighted by Crippen LogP contribution is -2.30. The molecule has 0 bridgehead atoms. The second kappa shape index (κ2) is 5.83. The Morgan fingerprint density at radius 3 is 3.00 bits per heavy atom. The van der Waals surface area contributed by atoms with Crippen LogP contribution in [0.15, 0.2) is 6.33 Å². The number of nitrogens with zero attached hydrogens (tertiary/aromatic N) is 2. The lowest BCUT2D eigenvalue weighted by Gasteiger charge is -2.08. The van der Waals surface area contributed by atoms with Gasteiger partial charge in [-0.05, 0) is 44.1 Å². The highest BCUT2D eigenvalue weighted by Crippen LogP contribution is 2.38. The maximum absolute atomic E-state index is 11.8. The number of nitrogens with one attached hydrogen (secondary N) is 1. The Bertz CT molecular complexity index is 709. The molecule has 1 saturated carbocycles. The maximum atomic E-state index is 11.8. The number of hydrogen-bond donors (Lipinski definition) is 1. The van der Waals surface area contributed by atoms with Gasteiger partial charge in [-0.15, -0.1) is 11.3 Å². The molecule has 2 aromatic rings. The van der Waals surface area contributed by atoms with Gasteiger partial charge in [-0.25, -0.2) is 9.97 Å². The lowest BCUT2D eigenvalue weighted by molar-refractivity contribution is -0.123. The van der Waals surface area contributed by atoms with Crippen molar-refractivity contribution in [2.75, 3.05) is 6.61 Å². The van der Waals surface area contributed by atoms with E-state index in [1.54, 1.807) is 11.3 Å². The van der Waals surface area contributed by atoms with Crippen LogP contribution in [0.4, 0.5) is 0 Å². The van der Waals surface area contributed by atoms with E-state index < -0.39 is 0 Å². The summed E-state index contributed by atoms with van der Waals surface area (Å²) in [6.07, 6.45) is 9.61. The van der Waals surface area contributed by atoms with E-state index in [9.17, 15) is 4.79 Å². The summed E-state index contributed by atoms with van der Waals surface area (Å²) in [7, 11) is 0. The zero-order chi connectivity index (χ0) is 14.9. The van der Waals surface area contributed by atoms with Gasteiger partial charge in [0.05, 0.1) is 5.39 Å². The van der Waals surface area contributed by atoms with E-state index in [-0.39, 0.29) is 12.5 Å². The van der Waals surface area contributed by atoms with Crippen molar-refractivity contribution in [3.05, 3.63) is 16.8 Å². The minimum Gasteiger partial charge on any atom is -0.467 e. The number of carbonyl (C=O) groups is 1. The van der Waals surface area contributed by atoms with Crippen molar-refractivity contribution >= 4 is 27.5 Å². The van der Waals surface area contributed by atoms with Gasteiger partial charge in [0.25, 0.3) is 5.91 Å². The summed E-state index contributed by atoms with van der Waals surface area (Å²) in [5, 5.41) is 3.96. The fraction of sp³-hybridized carbons (Fsp3) is 0.562. The number of rotatable bonds is 4. The average Bonchev–Trinajstić information content (AvgIpc) is 3.29. The minimum atomic E-state index is -0.0596. The average molecular weight is 317 g/mol. The molecule has 0 radical (unpaired) electrons. The standard InChI is InChI=1S/C16H19N3O2S/c20-13(19-10-6-7-10)8-21-15-14-11-4-2-1-3-5-12(11)22-16(14)18-9-17-15/h9-10H,1-8H2,(H,19,20). The zero-order valence-corrected chi connectivity index (χ0v) is 13.2. The van der Waals surface area contributed by atoms with Crippen LogP contribution in [0.5, 0.6) is 5.88 Å². The third kappa shape index (κ3) is 2.79. The summed E-state index contributed by atoms with van der Waals surface area (Å²) in [5.74, 6) is 0.505. The number of carbonyl (C=O) groups excluding carboxylic acids is 1. The van der Waals surface area contributed by atoms with Crippen molar-refractivity contribution in [2.45, 2.75) is 51.0 Å². The molecule has 2 heterocycles. The van der Waals surface area contributed by atoms with Crippen molar-refractivity contribution in [1.82, 2.24) is 15.3 Å². The van der Waals surface area contributed by atoms with Crippen LogP contribution in [-0.2, 0) is 17.6 Å². The largest absolute Gasteiger partial charge is 0.467 e. The lowest BCUT2D eigenvalue weighted by atomic mass is 10.1. The molecule has 2 aromatic heterocycles. The third-order valence-corrected chi connectivity index (χ3v) is 5.45. The molecule has 0 unspecified atom stereocenters. The molecule has 22 heavy (non-hydrogen) atoms. The van der Waals surface area contributed by atoms with Crippen LogP contribution < -0.4 is 10.1 Å². The van der Waals surface area contributed by atoms with Crippen LogP contribution in [0.25, 0.3) is 10.2 Å². The van der Waals surface area contributed by atoms with Gasteiger partial charge in [0, 0.05) is 10.9 Å². The first kappa shape index (κ1) is 13.9. The number of aromatic nitrogens is 2. The van der Waals surface area contributed by atoms with Gasteiger partial charge in [0.2, 0.25) is 5.88 Å². The van der Waals surface area contributed by atoms with Crippen molar-refractivity contribution in [3.63, 3.8) is 0 Å². The second-order valence-electron chi connectivity index (χ2n) is 6.05. The Labute approximate surface area is 133 Å². The van der Waals surface area contributed by atoms with E-state index in [1.165, 1.54) is 36.0 Å². The molecule has 0 saturated heterocycles. The van der Waals surface area contributed by atoms with E-state index in [4.69, 9.17) is 4.74 Å². The molecule has 0 atom stereocenters. The number of thiophene rings is 1. The molecule has 4 rings (SSSR count). The highest BCUT2D eigenvalue weighted by molar-refractivity contribution is 7.18. The van der Waals surface area contributed by atoms with Crippen molar-refractivity contribution in [3.8, 4) is 5.88 Å². The fourth-order valence-corrected chi connectivity index (χ4v) is 4.20. The summed E-state index contributed by atoms with van der Waals surface area (Å²) < 4.78 is 5.72. The van der Waals surface area contributed by atoms with Gasteiger partial charge in [0.15, 0.2) is 6.61 Å². The quantitative estimate of drug-likeness (QED) is 0.881. The van der Waals surface area contributed by atoms with Gasteiger partial charge in [0.1, 0.15) is 11.2 Å². The summed E-state index contributed by atoms with van der Waals surface area (Å²) in [6.45, 7) is 0.0350. The van der Waals surface area contributed by atoms with Crippen molar-refractivity contribution in [1.29, 1.82) is 0 Å². The molecule has 6 heteroatoms. The molecule has 1 amide bonds. The molecular weight excluding hydrogens is 298 g/mol. The van der Waals surface area contributed by atoms with Crippen molar-refractivity contribution < 1.29 is 9.53 Å². The van der Waals surface area contributed by atoms with Crippen LogP contribution in [0.1, 0.15) is 42.5 Å². The third-order valence-electron chi connectivity index (χ3n) is 4.25. The molecule has 2 aliphatic rings. The Balaban J connectivity index is 1.59. The first-order valence-corrected chi connectivity index (χ1v) is 8.80. The Morgan fingerprint density at radius 1 is 1.27 bits per heavy atom. The fourth-order valence-electron chi connectivity index (χ4n) is 2.98.